The van der Waals surface area contributed by atoms with E-state index in [1.54, 1.807) is 0 Å². The van der Waals surface area contributed by atoms with Crippen LogP contribution in [0.5, 0.6) is 0 Å². The molecule has 0 aromatic carbocycles. The Morgan fingerprint density at radius 1 is 0.444 bits per heavy atom. The summed E-state index contributed by atoms with van der Waals surface area (Å²) in [5, 5.41) is 0. The van der Waals surface area contributed by atoms with E-state index >= 15 is 0 Å². The van der Waals surface area contributed by atoms with Crippen LogP contribution in [0.15, 0.2) is 0 Å². The highest BCUT2D eigenvalue weighted by molar-refractivity contribution is 7.47. The van der Waals surface area contributed by atoms with E-state index in [0.29, 0.717) is 44.9 Å². The lowest BCUT2D eigenvalue weighted by atomic mass is 9.84. The molecule has 6 atom stereocenters. The Balaban J connectivity index is 3.88. The molecule has 0 saturated heterocycles. The van der Waals surface area contributed by atoms with E-state index in [1.807, 2.05) is 20.8 Å². The van der Waals surface area contributed by atoms with Crippen molar-refractivity contribution in [2.24, 2.45) is 0 Å². The van der Waals surface area contributed by atoms with Gasteiger partial charge < -0.3 is 43.6 Å². The van der Waals surface area contributed by atoms with Gasteiger partial charge in [-0.2, -0.15) is 0 Å². The van der Waals surface area contributed by atoms with Gasteiger partial charge in [-0.1, -0.05) is 59.3 Å². The van der Waals surface area contributed by atoms with Crippen molar-refractivity contribution in [3.05, 3.63) is 0 Å². The normalized spacial score (nSPS) is 24.2. The van der Waals surface area contributed by atoms with E-state index in [4.69, 9.17) is 23.3 Å². The van der Waals surface area contributed by atoms with Crippen molar-refractivity contribution >= 4 is 41.4 Å². The number of phosphoric ester groups is 3. The van der Waals surface area contributed by atoms with Crippen LogP contribution in [0.3, 0.4) is 0 Å². The Morgan fingerprint density at radius 2 is 0.667 bits per heavy atom. The van der Waals surface area contributed by atoms with Gasteiger partial charge in [0.2, 0.25) is 0 Å². The predicted molar refractivity (Wildman–Crippen MR) is 153 cm³/mol. The van der Waals surface area contributed by atoms with Crippen LogP contribution in [-0.4, -0.2) is 83.9 Å². The van der Waals surface area contributed by atoms with Gasteiger partial charge in [0.05, 0.1) is 0 Å². The monoisotopic (exact) mass is 714 g/mol. The van der Waals surface area contributed by atoms with Crippen molar-refractivity contribution < 1.29 is 85.2 Å². The average molecular weight is 715 g/mol. The van der Waals surface area contributed by atoms with Gasteiger partial charge in [0.25, 0.3) is 0 Å². The number of hydrogen-bond acceptors (Lipinski definition) is 12. The van der Waals surface area contributed by atoms with E-state index in [-0.39, 0.29) is 32.1 Å². The molecule has 0 aliphatic heterocycles. The summed E-state index contributed by atoms with van der Waals surface area (Å²) >= 11 is 0. The van der Waals surface area contributed by atoms with Gasteiger partial charge >= 0.3 is 41.4 Å². The van der Waals surface area contributed by atoms with Crippen molar-refractivity contribution in [3.63, 3.8) is 0 Å². The van der Waals surface area contributed by atoms with Gasteiger partial charge in [-0.05, 0) is 19.3 Å². The summed E-state index contributed by atoms with van der Waals surface area (Å²) in [6.45, 7) is 5.54. The fourth-order valence-corrected chi connectivity index (χ4v) is 6.22. The van der Waals surface area contributed by atoms with Gasteiger partial charge in [0.15, 0.2) is 18.3 Å². The number of ether oxygens (including phenoxy) is 3. The minimum absolute atomic E-state index is 0.241. The summed E-state index contributed by atoms with van der Waals surface area (Å²) in [6.07, 6.45) is -10.1. The van der Waals surface area contributed by atoms with Gasteiger partial charge in [-0.15, -0.1) is 0 Å². The number of unbranched alkanes of at least 4 members (excludes halogenated alkanes) is 6. The highest BCUT2D eigenvalue weighted by Gasteiger charge is 2.62. The van der Waals surface area contributed by atoms with Crippen LogP contribution in [0, 0.1) is 0 Å². The van der Waals surface area contributed by atoms with Gasteiger partial charge in [0.1, 0.15) is 18.3 Å². The number of phosphoric acid groups is 3. The first kappa shape index (κ1) is 41.8. The minimum Gasteiger partial charge on any atom is -0.455 e. The van der Waals surface area contributed by atoms with Crippen molar-refractivity contribution in [2.45, 2.75) is 134 Å². The van der Waals surface area contributed by atoms with E-state index in [9.17, 15) is 57.4 Å². The van der Waals surface area contributed by atoms with E-state index in [2.05, 4.69) is 4.52 Å². The zero-order valence-corrected chi connectivity index (χ0v) is 28.1. The van der Waals surface area contributed by atoms with Gasteiger partial charge in [-0.3, -0.25) is 28.0 Å². The lowest BCUT2D eigenvalue weighted by molar-refractivity contribution is -0.241. The highest BCUT2D eigenvalue weighted by Crippen LogP contribution is 2.51. The maximum Gasteiger partial charge on any atom is 0.470 e. The number of hydrogen-bond donors (Lipinski definition) is 6. The molecule has 0 aromatic heterocycles. The summed E-state index contributed by atoms with van der Waals surface area (Å²) < 4.78 is 66.5. The number of rotatable bonds is 21. The maximum atomic E-state index is 12.9. The van der Waals surface area contributed by atoms with Crippen LogP contribution in [0.2, 0.25) is 0 Å². The van der Waals surface area contributed by atoms with Crippen LogP contribution in [0.4, 0.5) is 0 Å². The van der Waals surface area contributed by atoms with E-state index in [0.717, 1.165) is 0 Å². The van der Waals surface area contributed by atoms with Crippen molar-refractivity contribution in [1.29, 1.82) is 0 Å². The van der Waals surface area contributed by atoms with Crippen LogP contribution in [-0.2, 0) is 55.9 Å². The van der Waals surface area contributed by atoms with Crippen LogP contribution in [0.1, 0.15) is 97.8 Å². The molecule has 0 radical (unpaired) electrons. The lowest BCUT2D eigenvalue weighted by Crippen LogP contribution is -2.67. The molecule has 0 bridgehead atoms. The molecule has 0 amide bonds. The molecule has 1 rings (SSSR count). The third-order valence-corrected chi connectivity index (χ3v) is 8.03. The molecule has 1 fully saturated rings. The summed E-state index contributed by atoms with van der Waals surface area (Å²) in [4.78, 5) is 96.7. The number of esters is 3. The Labute approximate surface area is 261 Å². The second kappa shape index (κ2) is 19.5. The quantitative estimate of drug-likeness (QED) is 0.0431. The molecular weight excluding hydrogens is 669 g/mol. The minimum atomic E-state index is -5.73. The molecule has 2 unspecified atom stereocenters. The van der Waals surface area contributed by atoms with Gasteiger partial charge in [-0.25, -0.2) is 13.7 Å². The molecule has 18 nitrogen and oxygen atoms in total. The smallest absolute Gasteiger partial charge is 0.455 e. The van der Waals surface area contributed by atoms with Gasteiger partial charge in [0, 0.05) is 19.3 Å². The summed E-state index contributed by atoms with van der Waals surface area (Å²) in [6, 6.07) is 0. The molecule has 1 aliphatic rings. The second-order valence-corrected chi connectivity index (χ2v) is 14.0. The van der Waals surface area contributed by atoms with Crippen molar-refractivity contribution in [3.8, 4) is 0 Å². The Hall–Kier alpha value is -1.26. The lowest BCUT2D eigenvalue weighted by Gasteiger charge is -2.47. The molecule has 21 heteroatoms. The average Bonchev–Trinajstić information content (AvgIpc) is 2.88. The summed E-state index contributed by atoms with van der Waals surface area (Å²) in [7, 11) is -17.1. The third-order valence-electron chi connectivity index (χ3n) is 6.48. The Kier molecular flexibility index (Phi) is 18.1. The molecule has 45 heavy (non-hydrogen) atoms. The van der Waals surface area contributed by atoms with E-state index in [1.165, 1.54) is 0 Å². The Bertz CT molecular complexity index is 1020. The molecule has 1 aliphatic carbocycles. The largest absolute Gasteiger partial charge is 0.470 e. The number of carbonyl (C=O) groups excluding carboxylic acids is 3. The third kappa shape index (κ3) is 16.9. The molecule has 264 valence electrons. The fourth-order valence-electron chi connectivity index (χ4n) is 4.55. The summed E-state index contributed by atoms with van der Waals surface area (Å²) in [5.74, 6) is -3.05. The molecule has 0 aromatic rings. The van der Waals surface area contributed by atoms with E-state index < -0.39 is 78.0 Å². The van der Waals surface area contributed by atoms with Crippen molar-refractivity contribution in [1.82, 2.24) is 0 Å². The topological polar surface area (TPSA) is 279 Å². The van der Waals surface area contributed by atoms with Crippen LogP contribution in [0.25, 0.3) is 0 Å². The number of carbonyl (C=O) groups is 3. The first-order valence-electron chi connectivity index (χ1n) is 14.6. The molecule has 0 spiro atoms. The zero-order chi connectivity index (χ0) is 34.4. The maximum absolute atomic E-state index is 12.9. The summed E-state index contributed by atoms with van der Waals surface area (Å²) in [5.41, 5.74) is 0. The predicted octanol–water partition coefficient (Wildman–Crippen LogP) is 2.91. The Morgan fingerprint density at radius 3 is 0.889 bits per heavy atom. The molecular formula is C24H45O18P3. The first-order chi connectivity index (χ1) is 20.8. The first-order valence-corrected chi connectivity index (χ1v) is 19.2. The molecule has 1 saturated carbocycles. The molecule has 6 N–H and O–H groups in total. The SMILES string of the molecule is CCCCCC(=O)OC1[C@@H](OC(=O)CCCCC)[C@H](OP(=O)(O)O)C(OP(=O)(O)O)[C@H](OP(=O)(O)O)[C@@H]1OC(=O)CCCCC. The zero-order valence-electron chi connectivity index (χ0n) is 25.4. The fraction of sp³-hybridized carbons (Fsp3) is 0.875. The van der Waals surface area contributed by atoms with Crippen molar-refractivity contribution in [2.75, 3.05) is 0 Å². The van der Waals surface area contributed by atoms with Crippen LogP contribution < -0.4 is 0 Å². The second-order valence-electron chi connectivity index (χ2n) is 10.4. The standard InChI is InChI=1S/C24H45O18P3/c1-4-7-10-13-16(25)37-19-20(38-17(26)14-11-8-5-2)22(40-43(28,29)30)24(42-45(34,35)36)23(41-44(31,32)33)21(19)39-18(27)15-12-9-6-3/h19-24H,4-15H2,1-3H3,(H2,28,29,30)(H2,31,32,33)(H2,34,35,36)/t19?,20-,21-,22-,23+,24?/m1/s1. The van der Waals surface area contributed by atoms with Crippen LogP contribution >= 0.6 is 23.5 Å². The molecule has 0 heterocycles. The highest BCUT2D eigenvalue weighted by atomic mass is 31.2.